The van der Waals surface area contributed by atoms with E-state index in [9.17, 15) is 9.59 Å². The van der Waals surface area contributed by atoms with Crippen LogP contribution in [0, 0.1) is 5.92 Å². The van der Waals surface area contributed by atoms with E-state index in [-0.39, 0.29) is 17.7 Å². The predicted molar refractivity (Wildman–Crippen MR) is 59.5 cm³/mol. The van der Waals surface area contributed by atoms with E-state index in [1.165, 1.54) is 0 Å². The van der Waals surface area contributed by atoms with Crippen molar-refractivity contribution in [3.63, 3.8) is 0 Å². The maximum atomic E-state index is 11.8. The maximum absolute atomic E-state index is 11.8. The number of carbonyl (C=O) groups excluding carboxylic acids is 2. The lowest BCUT2D eigenvalue weighted by Gasteiger charge is -2.26. The third kappa shape index (κ3) is 3.05. The summed E-state index contributed by atoms with van der Waals surface area (Å²) < 4.78 is 0. The zero-order valence-electron chi connectivity index (χ0n) is 9.95. The van der Waals surface area contributed by atoms with Gasteiger partial charge in [0.15, 0.2) is 5.78 Å². The molecule has 1 saturated heterocycles. The van der Waals surface area contributed by atoms with Crippen molar-refractivity contribution in [1.82, 2.24) is 4.90 Å². The van der Waals surface area contributed by atoms with Crippen LogP contribution in [-0.4, -0.2) is 29.2 Å². The van der Waals surface area contributed by atoms with Gasteiger partial charge in [-0.15, -0.1) is 0 Å². The van der Waals surface area contributed by atoms with Crippen molar-refractivity contribution < 1.29 is 9.59 Å². The Morgan fingerprint density at radius 3 is 2.80 bits per heavy atom. The van der Waals surface area contributed by atoms with E-state index in [4.69, 9.17) is 0 Å². The number of likely N-dealkylation sites (tertiary alicyclic amines) is 1. The van der Waals surface area contributed by atoms with Crippen molar-refractivity contribution in [1.29, 1.82) is 0 Å². The maximum Gasteiger partial charge on any atom is 0.223 e. The number of hydrogen-bond donors (Lipinski definition) is 0. The molecule has 2 atom stereocenters. The molecular weight excluding hydrogens is 190 g/mol. The first kappa shape index (κ1) is 12.2. The molecule has 0 saturated carbocycles. The smallest absolute Gasteiger partial charge is 0.223 e. The molecule has 0 spiro atoms. The van der Waals surface area contributed by atoms with Crippen LogP contribution >= 0.6 is 0 Å². The molecule has 3 nitrogen and oxygen atoms in total. The van der Waals surface area contributed by atoms with Gasteiger partial charge in [0.1, 0.15) is 0 Å². The molecule has 0 radical (unpaired) electrons. The molecule has 1 aliphatic heterocycles. The van der Waals surface area contributed by atoms with Gasteiger partial charge in [-0.05, 0) is 25.7 Å². The van der Waals surface area contributed by atoms with Gasteiger partial charge in [-0.25, -0.2) is 0 Å². The molecule has 0 aromatic heterocycles. The molecule has 1 aliphatic rings. The number of ketones is 1. The van der Waals surface area contributed by atoms with E-state index in [1.807, 2.05) is 13.8 Å². The summed E-state index contributed by atoms with van der Waals surface area (Å²) in [6.45, 7) is 6.61. The lowest BCUT2D eigenvalue weighted by molar-refractivity contribution is -0.138. The third-order valence-corrected chi connectivity index (χ3v) is 3.32. The Morgan fingerprint density at radius 2 is 2.20 bits per heavy atom. The van der Waals surface area contributed by atoms with Crippen LogP contribution in [-0.2, 0) is 9.59 Å². The van der Waals surface area contributed by atoms with Gasteiger partial charge >= 0.3 is 0 Å². The number of carbonyl (C=O) groups is 2. The second kappa shape index (κ2) is 5.29. The van der Waals surface area contributed by atoms with Crippen LogP contribution in [0.1, 0.15) is 46.5 Å². The summed E-state index contributed by atoms with van der Waals surface area (Å²) in [6, 6.07) is -0.229. The molecule has 86 valence electrons. The summed E-state index contributed by atoms with van der Waals surface area (Å²) in [5, 5.41) is 0. The number of amides is 1. The second-order valence-electron chi connectivity index (χ2n) is 4.52. The summed E-state index contributed by atoms with van der Waals surface area (Å²) in [5.41, 5.74) is 0. The standard InChI is InChI=1S/C12H21NO2/c1-4-11(14)10(3)13-8-7-9(2)5-6-12(13)15/h9-10H,4-8H2,1-3H3. The minimum absolute atomic E-state index is 0.147. The highest BCUT2D eigenvalue weighted by Gasteiger charge is 2.27. The van der Waals surface area contributed by atoms with Crippen LogP contribution in [0.4, 0.5) is 0 Å². The first-order chi connectivity index (χ1) is 7.06. The average Bonchev–Trinajstić information content (AvgIpc) is 2.39. The largest absolute Gasteiger partial charge is 0.333 e. The molecule has 1 rings (SSSR count). The third-order valence-electron chi connectivity index (χ3n) is 3.32. The van der Waals surface area contributed by atoms with E-state index >= 15 is 0 Å². The van der Waals surface area contributed by atoms with Crippen LogP contribution in [0.15, 0.2) is 0 Å². The highest BCUT2D eigenvalue weighted by atomic mass is 16.2. The van der Waals surface area contributed by atoms with E-state index in [0.29, 0.717) is 18.8 Å². The molecule has 0 bridgehead atoms. The van der Waals surface area contributed by atoms with Gasteiger partial charge in [0, 0.05) is 19.4 Å². The molecule has 2 unspecified atom stereocenters. The monoisotopic (exact) mass is 211 g/mol. The molecule has 1 amide bonds. The molecular formula is C12H21NO2. The fourth-order valence-corrected chi connectivity index (χ4v) is 2.02. The van der Waals surface area contributed by atoms with Gasteiger partial charge < -0.3 is 4.90 Å². The van der Waals surface area contributed by atoms with Crippen molar-refractivity contribution in [3.05, 3.63) is 0 Å². The topological polar surface area (TPSA) is 37.4 Å². The van der Waals surface area contributed by atoms with E-state index in [2.05, 4.69) is 6.92 Å². The number of rotatable bonds is 3. The van der Waals surface area contributed by atoms with Crippen molar-refractivity contribution in [2.75, 3.05) is 6.54 Å². The fourth-order valence-electron chi connectivity index (χ4n) is 2.02. The van der Waals surface area contributed by atoms with Gasteiger partial charge in [-0.3, -0.25) is 9.59 Å². The summed E-state index contributed by atoms with van der Waals surface area (Å²) >= 11 is 0. The summed E-state index contributed by atoms with van der Waals surface area (Å²) in [5.74, 6) is 0.912. The van der Waals surface area contributed by atoms with Gasteiger partial charge in [-0.1, -0.05) is 13.8 Å². The molecule has 3 heteroatoms. The van der Waals surface area contributed by atoms with Crippen LogP contribution in [0.2, 0.25) is 0 Å². The van der Waals surface area contributed by atoms with Crippen LogP contribution in [0.5, 0.6) is 0 Å². The van der Waals surface area contributed by atoms with Gasteiger partial charge in [0.05, 0.1) is 6.04 Å². The fraction of sp³-hybridized carbons (Fsp3) is 0.833. The average molecular weight is 211 g/mol. The van der Waals surface area contributed by atoms with Gasteiger partial charge in [0.2, 0.25) is 5.91 Å². The molecule has 15 heavy (non-hydrogen) atoms. The Labute approximate surface area is 91.8 Å². The van der Waals surface area contributed by atoms with Crippen molar-refractivity contribution in [2.45, 2.75) is 52.5 Å². The minimum Gasteiger partial charge on any atom is -0.333 e. The highest BCUT2D eigenvalue weighted by molar-refractivity contribution is 5.88. The molecule has 1 heterocycles. The van der Waals surface area contributed by atoms with Crippen molar-refractivity contribution >= 4 is 11.7 Å². The van der Waals surface area contributed by atoms with Crippen LogP contribution < -0.4 is 0 Å². The predicted octanol–water partition coefficient (Wildman–Crippen LogP) is 2.00. The SMILES string of the molecule is CCC(=O)C(C)N1CCC(C)CCC1=O. The summed E-state index contributed by atoms with van der Waals surface area (Å²) in [7, 11) is 0. The zero-order valence-corrected chi connectivity index (χ0v) is 9.95. The zero-order chi connectivity index (χ0) is 11.4. The Bertz CT molecular complexity index is 250. The van der Waals surface area contributed by atoms with Crippen LogP contribution in [0.3, 0.4) is 0 Å². The lowest BCUT2D eigenvalue weighted by atomic mass is 10.0. The Morgan fingerprint density at radius 1 is 1.53 bits per heavy atom. The number of hydrogen-bond acceptors (Lipinski definition) is 2. The summed E-state index contributed by atoms with van der Waals surface area (Å²) in [6.07, 6.45) is 3.10. The minimum atomic E-state index is -0.229. The number of nitrogens with zero attached hydrogens (tertiary/aromatic N) is 1. The second-order valence-corrected chi connectivity index (χ2v) is 4.52. The quantitative estimate of drug-likeness (QED) is 0.716. The molecule has 0 N–H and O–H groups in total. The van der Waals surface area contributed by atoms with E-state index < -0.39 is 0 Å². The molecule has 1 fully saturated rings. The van der Waals surface area contributed by atoms with Crippen molar-refractivity contribution in [3.8, 4) is 0 Å². The first-order valence-electron chi connectivity index (χ1n) is 5.88. The van der Waals surface area contributed by atoms with Gasteiger partial charge in [0.25, 0.3) is 0 Å². The van der Waals surface area contributed by atoms with Crippen molar-refractivity contribution in [2.24, 2.45) is 5.92 Å². The molecule has 0 aromatic rings. The Kier molecular flexibility index (Phi) is 4.30. The lowest BCUT2D eigenvalue weighted by Crippen LogP contribution is -2.42. The van der Waals surface area contributed by atoms with Crippen LogP contribution in [0.25, 0.3) is 0 Å². The van der Waals surface area contributed by atoms with E-state index in [0.717, 1.165) is 19.4 Å². The summed E-state index contributed by atoms with van der Waals surface area (Å²) in [4.78, 5) is 25.1. The molecule has 0 aliphatic carbocycles. The normalized spacial score (nSPS) is 24.9. The first-order valence-corrected chi connectivity index (χ1v) is 5.88. The Hall–Kier alpha value is -0.860. The highest BCUT2D eigenvalue weighted by Crippen LogP contribution is 2.19. The number of Topliss-reactive ketones (excluding diaryl/α,β-unsaturated/α-hetero) is 1. The van der Waals surface area contributed by atoms with Gasteiger partial charge in [-0.2, -0.15) is 0 Å². The van der Waals surface area contributed by atoms with E-state index in [1.54, 1.807) is 4.90 Å². The Balaban J connectivity index is 2.66. The molecule has 0 aromatic carbocycles.